The topological polar surface area (TPSA) is 66.4 Å². The molecule has 2 rings (SSSR count). The summed E-state index contributed by atoms with van der Waals surface area (Å²) in [4.78, 5) is 0.191. The lowest BCUT2D eigenvalue weighted by Crippen LogP contribution is -2.47. The molecular weight excluding hydrogens is 342 g/mol. The predicted octanol–water partition coefficient (Wildman–Crippen LogP) is 2.94. The number of aliphatic hydroxyl groups excluding tert-OH is 1. The Labute approximate surface area is 128 Å². The summed E-state index contributed by atoms with van der Waals surface area (Å²) in [6, 6.07) is 4.87. The zero-order chi connectivity index (χ0) is 14.8. The molecule has 112 valence electrons. The van der Waals surface area contributed by atoms with E-state index < -0.39 is 10.0 Å². The van der Waals surface area contributed by atoms with Crippen molar-refractivity contribution >= 4 is 26.0 Å². The Morgan fingerprint density at radius 1 is 1.30 bits per heavy atom. The van der Waals surface area contributed by atoms with Crippen LogP contribution in [0.4, 0.5) is 0 Å². The fraction of sp³-hybridized carbons (Fsp3) is 0.571. The van der Waals surface area contributed by atoms with Crippen LogP contribution < -0.4 is 4.72 Å². The van der Waals surface area contributed by atoms with Gasteiger partial charge in [0.05, 0.1) is 11.5 Å². The molecule has 0 aliphatic heterocycles. The van der Waals surface area contributed by atoms with E-state index >= 15 is 0 Å². The van der Waals surface area contributed by atoms with E-state index in [9.17, 15) is 8.42 Å². The summed E-state index contributed by atoms with van der Waals surface area (Å²) in [7, 11) is -3.59. The molecule has 0 saturated heterocycles. The number of sulfonamides is 1. The molecule has 0 heterocycles. The maximum absolute atomic E-state index is 12.6. The van der Waals surface area contributed by atoms with Crippen molar-refractivity contribution in [2.24, 2.45) is 0 Å². The average molecular weight is 362 g/mol. The smallest absolute Gasteiger partial charge is 0.242 e. The molecule has 1 aromatic rings. The minimum absolute atomic E-state index is 0.174. The second kappa shape index (κ2) is 6.13. The Morgan fingerprint density at radius 3 is 2.55 bits per heavy atom. The van der Waals surface area contributed by atoms with Crippen molar-refractivity contribution in [3.63, 3.8) is 0 Å². The van der Waals surface area contributed by atoms with Crippen LogP contribution in [0.3, 0.4) is 0 Å². The fourth-order valence-electron chi connectivity index (χ4n) is 2.67. The van der Waals surface area contributed by atoms with Crippen molar-refractivity contribution in [1.82, 2.24) is 4.72 Å². The first-order chi connectivity index (χ1) is 9.36. The molecule has 1 aliphatic rings. The largest absolute Gasteiger partial charge is 0.392 e. The third-order valence-electron chi connectivity index (χ3n) is 3.81. The highest BCUT2D eigenvalue weighted by Crippen LogP contribution is 2.31. The van der Waals surface area contributed by atoms with Gasteiger partial charge < -0.3 is 5.11 Å². The van der Waals surface area contributed by atoms with Gasteiger partial charge in [0, 0.05) is 10.0 Å². The lowest BCUT2D eigenvalue weighted by Gasteiger charge is -2.34. The van der Waals surface area contributed by atoms with Crippen molar-refractivity contribution in [1.29, 1.82) is 0 Å². The zero-order valence-electron chi connectivity index (χ0n) is 11.5. The van der Waals surface area contributed by atoms with Crippen molar-refractivity contribution < 1.29 is 13.5 Å². The van der Waals surface area contributed by atoms with Gasteiger partial charge in [0.25, 0.3) is 0 Å². The lowest BCUT2D eigenvalue weighted by molar-refractivity contribution is 0.281. The SMILES string of the molecule is CC1(NS(=O)(=O)c2cc(CO)ccc2Br)CCCCC1. The highest BCUT2D eigenvalue weighted by molar-refractivity contribution is 9.10. The number of hydrogen-bond donors (Lipinski definition) is 2. The Hall–Kier alpha value is -0.430. The number of hydrogen-bond acceptors (Lipinski definition) is 3. The van der Waals surface area contributed by atoms with Crippen LogP contribution in [0.1, 0.15) is 44.6 Å². The molecule has 0 bridgehead atoms. The van der Waals surface area contributed by atoms with Crippen molar-refractivity contribution in [3.05, 3.63) is 28.2 Å². The first-order valence-electron chi connectivity index (χ1n) is 6.80. The van der Waals surface area contributed by atoms with E-state index in [1.54, 1.807) is 12.1 Å². The molecule has 0 unspecified atom stereocenters. The van der Waals surface area contributed by atoms with Gasteiger partial charge in [-0.2, -0.15) is 0 Å². The van der Waals surface area contributed by atoms with Gasteiger partial charge in [-0.3, -0.25) is 0 Å². The van der Waals surface area contributed by atoms with E-state index in [-0.39, 0.29) is 17.0 Å². The van der Waals surface area contributed by atoms with E-state index in [4.69, 9.17) is 5.11 Å². The van der Waals surface area contributed by atoms with Crippen LogP contribution in [0.25, 0.3) is 0 Å². The first kappa shape index (κ1) is 15.9. The second-order valence-electron chi connectivity index (χ2n) is 5.65. The van der Waals surface area contributed by atoms with E-state index in [2.05, 4.69) is 20.7 Å². The predicted molar refractivity (Wildman–Crippen MR) is 81.9 cm³/mol. The number of benzene rings is 1. The van der Waals surface area contributed by atoms with Gasteiger partial charge >= 0.3 is 0 Å². The molecule has 1 aromatic carbocycles. The van der Waals surface area contributed by atoms with Gasteiger partial charge in [0.2, 0.25) is 10.0 Å². The molecule has 0 radical (unpaired) electrons. The van der Waals surface area contributed by atoms with E-state index in [0.29, 0.717) is 10.0 Å². The quantitative estimate of drug-likeness (QED) is 0.866. The Kier molecular flexibility index (Phi) is 4.89. The Balaban J connectivity index is 2.30. The van der Waals surface area contributed by atoms with Crippen molar-refractivity contribution in [3.8, 4) is 0 Å². The normalized spacial score (nSPS) is 18.9. The minimum atomic E-state index is -3.59. The van der Waals surface area contributed by atoms with Gasteiger partial charge in [-0.25, -0.2) is 13.1 Å². The molecular formula is C14H20BrNO3S. The van der Waals surface area contributed by atoms with Crippen molar-refractivity contribution in [2.45, 2.75) is 56.1 Å². The third-order valence-corrected chi connectivity index (χ3v) is 6.44. The van der Waals surface area contributed by atoms with Crippen LogP contribution in [0.5, 0.6) is 0 Å². The standard InChI is InChI=1S/C14H20BrNO3S/c1-14(7-3-2-4-8-14)16-20(18,19)13-9-11(10-17)5-6-12(13)15/h5-6,9,16-17H,2-4,7-8,10H2,1H3. The molecule has 6 heteroatoms. The van der Waals surface area contributed by atoms with E-state index in [1.807, 2.05) is 6.92 Å². The fourth-order valence-corrected chi connectivity index (χ4v) is 5.15. The molecule has 0 amide bonds. The van der Waals surface area contributed by atoms with Crippen LogP contribution in [0.2, 0.25) is 0 Å². The van der Waals surface area contributed by atoms with Gasteiger partial charge in [-0.1, -0.05) is 25.3 Å². The summed E-state index contributed by atoms with van der Waals surface area (Å²) in [5, 5.41) is 9.16. The minimum Gasteiger partial charge on any atom is -0.392 e. The lowest BCUT2D eigenvalue weighted by atomic mass is 9.84. The second-order valence-corrected chi connectivity index (χ2v) is 8.15. The summed E-state index contributed by atoms with van der Waals surface area (Å²) in [5.41, 5.74) is 0.216. The number of aliphatic hydroxyl groups is 1. The van der Waals surface area contributed by atoms with Crippen LogP contribution in [0.15, 0.2) is 27.6 Å². The summed E-state index contributed by atoms with van der Waals surface area (Å²) in [6.45, 7) is 1.79. The molecule has 0 atom stereocenters. The summed E-state index contributed by atoms with van der Waals surface area (Å²) in [6.07, 6.45) is 5.00. The van der Waals surface area contributed by atoms with Crippen LogP contribution in [0, 0.1) is 0 Å². The van der Waals surface area contributed by atoms with E-state index in [1.165, 1.54) is 12.5 Å². The average Bonchev–Trinajstić information content (AvgIpc) is 2.38. The first-order valence-corrected chi connectivity index (χ1v) is 9.07. The summed E-state index contributed by atoms with van der Waals surface area (Å²) < 4.78 is 28.5. The number of rotatable bonds is 4. The number of nitrogens with one attached hydrogen (secondary N) is 1. The highest BCUT2D eigenvalue weighted by Gasteiger charge is 2.32. The van der Waals surface area contributed by atoms with Crippen LogP contribution in [-0.4, -0.2) is 19.1 Å². The van der Waals surface area contributed by atoms with Crippen LogP contribution in [-0.2, 0) is 16.6 Å². The molecule has 0 aromatic heterocycles. The molecule has 2 N–H and O–H groups in total. The molecule has 0 spiro atoms. The van der Waals surface area contributed by atoms with E-state index in [0.717, 1.165) is 25.7 Å². The van der Waals surface area contributed by atoms with Crippen molar-refractivity contribution in [2.75, 3.05) is 0 Å². The molecule has 1 saturated carbocycles. The molecule has 1 aliphatic carbocycles. The maximum atomic E-state index is 12.6. The Morgan fingerprint density at radius 2 is 1.95 bits per heavy atom. The van der Waals surface area contributed by atoms with Gasteiger partial charge in [0.15, 0.2) is 0 Å². The highest BCUT2D eigenvalue weighted by atomic mass is 79.9. The summed E-state index contributed by atoms with van der Waals surface area (Å²) in [5.74, 6) is 0. The van der Waals surface area contributed by atoms with Gasteiger partial charge in [-0.15, -0.1) is 0 Å². The van der Waals surface area contributed by atoms with Crippen LogP contribution >= 0.6 is 15.9 Å². The molecule has 20 heavy (non-hydrogen) atoms. The monoisotopic (exact) mass is 361 g/mol. The number of halogens is 1. The molecule has 4 nitrogen and oxygen atoms in total. The molecule has 1 fully saturated rings. The maximum Gasteiger partial charge on any atom is 0.242 e. The summed E-state index contributed by atoms with van der Waals surface area (Å²) >= 11 is 3.28. The van der Waals surface area contributed by atoms with Gasteiger partial charge in [0.1, 0.15) is 0 Å². The van der Waals surface area contributed by atoms with Gasteiger partial charge in [-0.05, 0) is 53.4 Å². The zero-order valence-corrected chi connectivity index (χ0v) is 13.9. The Bertz CT molecular complexity index is 580. The third kappa shape index (κ3) is 3.61.